The lowest BCUT2D eigenvalue weighted by molar-refractivity contribution is -0.137. The molecule has 2 aromatic carbocycles. The van der Waals surface area contributed by atoms with E-state index in [1.165, 1.54) is 17.2 Å². The van der Waals surface area contributed by atoms with Crippen molar-refractivity contribution in [3.8, 4) is 0 Å². The molecule has 144 valence electrons. The summed E-state index contributed by atoms with van der Waals surface area (Å²) in [6.45, 7) is 3.42. The van der Waals surface area contributed by atoms with Gasteiger partial charge in [0.15, 0.2) is 0 Å². The molecule has 2 heterocycles. The fraction of sp³-hybridized carbons (Fsp3) is 0.238. The Balaban J connectivity index is 1.58. The van der Waals surface area contributed by atoms with Crippen molar-refractivity contribution in [3.63, 3.8) is 0 Å². The number of nitrogens with one attached hydrogen (secondary N) is 1. The van der Waals surface area contributed by atoms with Crippen molar-refractivity contribution in [2.45, 2.75) is 26.1 Å². The van der Waals surface area contributed by atoms with Crippen molar-refractivity contribution >= 4 is 17.5 Å². The minimum atomic E-state index is -4.39. The van der Waals surface area contributed by atoms with Gasteiger partial charge in [-0.3, -0.25) is 0 Å². The Kier molecular flexibility index (Phi) is 4.66. The standard InChI is InChI=1S/C21H19F3N4/c1-14-11-19(28-10-9-15-5-2-3-6-16(15)13-28)27-20(25-14)26-18-8-4-7-17(12-18)21(22,23)24/h2-8,11-12H,9-10,13H2,1H3,(H,25,26,27). The number of aryl methyl sites for hydroxylation is 1. The zero-order valence-electron chi connectivity index (χ0n) is 15.3. The van der Waals surface area contributed by atoms with Gasteiger partial charge in [-0.1, -0.05) is 30.3 Å². The molecule has 1 aliphatic rings. The highest BCUT2D eigenvalue weighted by Gasteiger charge is 2.30. The second kappa shape index (κ2) is 7.14. The molecule has 28 heavy (non-hydrogen) atoms. The number of hydrogen-bond acceptors (Lipinski definition) is 4. The molecular weight excluding hydrogens is 365 g/mol. The van der Waals surface area contributed by atoms with Crippen molar-refractivity contribution in [3.05, 3.63) is 77.0 Å². The Morgan fingerprint density at radius 1 is 0.964 bits per heavy atom. The minimum Gasteiger partial charge on any atom is -0.352 e. The van der Waals surface area contributed by atoms with Crippen LogP contribution in [0.25, 0.3) is 0 Å². The number of fused-ring (bicyclic) bond motifs is 1. The average Bonchev–Trinajstić information content (AvgIpc) is 2.67. The lowest BCUT2D eigenvalue weighted by atomic mass is 10.00. The topological polar surface area (TPSA) is 41.1 Å². The van der Waals surface area contributed by atoms with Crippen molar-refractivity contribution < 1.29 is 13.2 Å². The van der Waals surface area contributed by atoms with Crippen LogP contribution in [0.3, 0.4) is 0 Å². The Labute approximate surface area is 161 Å². The van der Waals surface area contributed by atoms with Gasteiger partial charge in [0.25, 0.3) is 0 Å². The molecule has 0 radical (unpaired) electrons. The molecule has 1 N–H and O–H groups in total. The Morgan fingerprint density at radius 2 is 1.75 bits per heavy atom. The van der Waals surface area contributed by atoms with Crippen LogP contribution in [0.4, 0.5) is 30.6 Å². The predicted octanol–water partition coefficient (Wildman–Crippen LogP) is 5.11. The van der Waals surface area contributed by atoms with Gasteiger partial charge in [-0.2, -0.15) is 18.2 Å². The third kappa shape index (κ3) is 3.93. The van der Waals surface area contributed by atoms with Crippen molar-refractivity contribution in [1.82, 2.24) is 9.97 Å². The maximum absolute atomic E-state index is 12.9. The summed E-state index contributed by atoms with van der Waals surface area (Å²) in [5, 5.41) is 2.91. The first-order chi connectivity index (χ1) is 13.4. The highest BCUT2D eigenvalue weighted by molar-refractivity contribution is 5.57. The first-order valence-electron chi connectivity index (χ1n) is 9.00. The molecule has 0 bridgehead atoms. The van der Waals surface area contributed by atoms with Crippen LogP contribution in [-0.2, 0) is 19.1 Å². The Hall–Kier alpha value is -3.09. The van der Waals surface area contributed by atoms with E-state index in [1.54, 1.807) is 6.07 Å². The van der Waals surface area contributed by atoms with E-state index in [1.807, 2.05) is 25.1 Å². The Bertz CT molecular complexity index is 1000. The van der Waals surface area contributed by atoms with Gasteiger partial charge in [0.05, 0.1) is 5.56 Å². The van der Waals surface area contributed by atoms with Crippen molar-refractivity contribution in [1.29, 1.82) is 0 Å². The number of alkyl halides is 3. The highest BCUT2D eigenvalue weighted by Crippen LogP contribution is 2.31. The summed E-state index contributed by atoms with van der Waals surface area (Å²) >= 11 is 0. The molecule has 0 saturated heterocycles. The SMILES string of the molecule is Cc1cc(N2CCc3ccccc3C2)nc(Nc2cccc(C(F)(F)F)c2)n1. The van der Waals surface area contributed by atoms with E-state index in [2.05, 4.69) is 32.3 Å². The normalized spacial score (nSPS) is 13.9. The van der Waals surface area contributed by atoms with E-state index in [-0.39, 0.29) is 5.95 Å². The summed E-state index contributed by atoms with van der Waals surface area (Å²) in [5.41, 5.74) is 2.94. The summed E-state index contributed by atoms with van der Waals surface area (Å²) in [6.07, 6.45) is -3.47. The number of rotatable bonds is 3. The van der Waals surface area contributed by atoms with Gasteiger partial charge in [-0.05, 0) is 42.7 Å². The largest absolute Gasteiger partial charge is 0.416 e. The lowest BCUT2D eigenvalue weighted by Gasteiger charge is -2.30. The first kappa shape index (κ1) is 18.3. The Morgan fingerprint density at radius 3 is 2.54 bits per heavy atom. The van der Waals surface area contributed by atoms with Gasteiger partial charge in [-0.25, -0.2) is 4.98 Å². The van der Waals surface area contributed by atoms with E-state index in [9.17, 15) is 13.2 Å². The first-order valence-corrected chi connectivity index (χ1v) is 9.00. The van der Waals surface area contributed by atoms with E-state index >= 15 is 0 Å². The zero-order valence-corrected chi connectivity index (χ0v) is 15.3. The van der Waals surface area contributed by atoms with Gasteiger partial charge in [-0.15, -0.1) is 0 Å². The maximum Gasteiger partial charge on any atom is 0.416 e. The summed E-state index contributed by atoms with van der Waals surface area (Å²) < 4.78 is 38.8. The lowest BCUT2D eigenvalue weighted by Crippen LogP contribution is -2.31. The third-order valence-electron chi connectivity index (χ3n) is 4.74. The summed E-state index contributed by atoms with van der Waals surface area (Å²) in [5.74, 6) is 1.05. The van der Waals surface area contributed by atoms with Gasteiger partial charge in [0, 0.05) is 30.5 Å². The molecule has 0 unspecified atom stereocenters. The van der Waals surface area contributed by atoms with Gasteiger partial charge in [0.1, 0.15) is 5.82 Å². The number of benzene rings is 2. The molecule has 4 rings (SSSR count). The van der Waals surface area contributed by atoms with Gasteiger partial charge in [0.2, 0.25) is 5.95 Å². The second-order valence-corrected chi connectivity index (χ2v) is 6.83. The zero-order chi connectivity index (χ0) is 19.7. The van der Waals surface area contributed by atoms with Gasteiger partial charge < -0.3 is 10.2 Å². The van der Waals surface area contributed by atoms with Crippen LogP contribution in [0, 0.1) is 6.92 Å². The summed E-state index contributed by atoms with van der Waals surface area (Å²) in [4.78, 5) is 11.0. The van der Waals surface area contributed by atoms with Gasteiger partial charge >= 0.3 is 6.18 Å². The molecule has 0 spiro atoms. The van der Waals surface area contributed by atoms with Crippen LogP contribution < -0.4 is 10.2 Å². The summed E-state index contributed by atoms with van der Waals surface area (Å²) in [6, 6.07) is 15.2. The van der Waals surface area contributed by atoms with E-state index in [4.69, 9.17) is 0 Å². The molecule has 7 heteroatoms. The molecule has 1 aliphatic heterocycles. The number of hydrogen-bond donors (Lipinski definition) is 1. The van der Waals surface area contributed by atoms with E-state index in [0.29, 0.717) is 5.69 Å². The number of nitrogens with zero attached hydrogens (tertiary/aromatic N) is 3. The van der Waals surface area contributed by atoms with Crippen LogP contribution in [0.15, 0.2) is 54.6 Å². The van der Waals surface area contributed by atoms with E-state index in [0.717, 1.165) is 43.2 Å². The van der Waals surface area contributed by atoms with E-state index < -0.39 is 11.7 Å². The number of aromatic nitrogens is 2. The fourth-order valence-corrected chi connectivity index (χ4v) is 3.36. The van der Waals surface area contributed by atoms with Crippen LogP contribution >= 0.6 is 0 Å². The maximum atomic E-state index is 12.9. The fourth-order valence-electron chi connectivity index (χ4n) is 3.36. The second-order valence-electron chi connectivity index (χ2n) is 6.83. The molecule has 1 aromatic heterocycles. The molecule has 4 nitrogen and oxygen atoms in total. The quantitative estimate of drug-likeness (QED) is 0.681. The van der Waals surface area contributed by atoms with Crippen molar-refractivity contribution in [2.24, 2.45) is 0 Å². The predicted molar refractivity (Wildman–Crippen MR) is 103 cm³/mol. The van der Waals surface area contributed by atoms with Crippen LogP contribution in [0.1, 0.15) is 22.4 Å². The molecule has 0 fully saturated rings. The molecule has 3 aromatic rings. The summed E-state index contributed by atoms with van der Waals surface area (Å²) in [7, 11) is 0. The monoisotopic (exact) mass is 384 g/mol. The van der Waals surface area contributed by atoms with Crippen LogP contribution in [-0.4, -0.2) is 16.5 Å². The smallest absolute Gasteiger partial charge is 0.352 e. The van der Waals surface area contributed by atoms with Crippen LogP contribution in [0.2, 0.25) is 0 Å². The molecule has 0 saturated carbocycles. The molecular formula is C21H19F3N4. The highest BCUT2D eigenvalue weighted by atomic mass is 19.4. The molecule has 0 aliphatic carbocycles. The number of halogens is 3. The third-order valence-corrected chi connectivity index (χ3v) is 4.74. The van der Waals surface area contributed by atoms with Crippen molar-refractivity contribution in [2.75, 3.05) is 16.8 Å². The minimum absolute atomic E-state index is 0.285. The molecule has 0 amide bonds. The molecule has 0 atom stereocenters. The average molecular weight is 384 g/mol. The number of anilines is 3. The van der Waals surface area contributed by atoms with Crippen LogP contribution in [0.5, 0.6) is 0 Å².